The third kappa shape index (κ3) is 4.21. The summed E-state index contributed by atoms with van der Waals surface area (Å²) in [7, 11) is -0.826. The lowest BCUT2D eigenvalue weighted by Gasteiger charge is -2.13. The summed E-state index contributed by atoms with van der Waals surface area (Å²) in [5.74, 6) is -0.573. The first-order valence-electron chi connectivity index (χ1n) is 7.88. The Morgan fingerprint density at radius 1 is 1.33 bits per heavy atom. The fraction of sp³-hybridized carbons (Fsp3) is 0.294. The number of nitriles is 1. The van der Waals surface area contributed by atoms with Crippen molar-refractivity contribution in [3.05, 3.63) is 51.4 Å². The molecule has 0 spiro atoms. The van der Waals surface area contributed by atoms with Crippen LogP contribution < -0.4 is 10.9 Å². The number of carbonyl (C=O) groups is 1. The number of rotatable bonds is 5. The quantitative estimate of drug-likeness (QED) is 0.799. The molecule has 0 saturated carbocycles. The lowest BCUT2D eigenvalue weighted by molar-refractivity contribution is -0.117. The van der Waals surface area contributed by atoms with E-state index in [1.807, 2.05) is 6.07 Å². The molecule has 27 heavy (non-hydrogen) atoms. The van der Waals surface area contributed by atoms with E-state index < -0.39 is 28.0 Å². The first-order chi connectivity index (χ1) is 12.6. The summed E-state index contributed by atoms with van der Waals surface area (Å²) in [6.45, 7) is 2.85. The molecule has 0 bridgehead atoms. The molecule has 1 N–H and O–H groups in total. The molecule has 0 saturated heterocycles. The van der Waals surface area contributed by atoms with Gasteiger partial charge < -0.3 is 5.32 Å². The van der Waals surface area contributed by atoms with Gasteiger partial charge in [0, 0.05) is 19.8 Å². The summed E-state index contributed by atoms with van der Waals surface area (Å²) in [6, 6.07) is 7.60. The van der Waals surface area contributed by atoms with E-state index in [9.17, 15) is 18.0 Å². The Morgan fingerprint density at radius 3 is 2.59 bits per heavy atom. The van der Waals surface area contributed by atoms with Gasteiger partial charge in [0.25, 0.3) is 5.56 Å². The maximum atomic E-state index is 12.3. The van der Waals surface area contributed by atoms with Crippen LogP contribution in [0, 0.1) is 25.2 Å². The number of sulfonamides is 1. The van der Waals surface area contributed by atoms with Crippen molar-refractivity contribution in [2.45, 2.75) is 25.3 Å². The molecule has 0 aliphatic heterocycles. The molecule has 1 amide bonds. The average molecular weight is 389 g/mol. The van der Waals surface area contributed by atoms with Crippen LogP contribution in [0.2, 0.25) is 0 Å². The first kappa shape index (κ1) is 20.3. The van der Waals surface area contributed by atoms with Crippen molar-refractivity contribution >= 4 is 21.6 Å². The van der Waals surface area contributed by atoms with Gasteiger partial charge in [-0.15, -0.1) is 0 Å². The number of aryl methyl sites for hydroxylation is 1. The highest BCUT2D eigenvalue weighted by atomic mass is 32.2. The van der Waals surface area contributed by atoms with Crippen molar-refractivity contribution < 1.29 is 13.2 Å². The predicted octanol–water partition coefficient (Wildman–Crippen LogP) is 0.621. The zero-order chi connectivity index (χ0) is 20.4. The number of aromatic nitrogens is 2. The molecule has 142 valence electrons. The number of amides is 1. The maximum Gasteiger partial charge on any atom is 0.285 e. The van der Waals surface area contributed by atoms with Crippen molar-refractivity contribution in [1.29, 1.82) is 5.26 Å². The van der Waals surface area contributed by atoms with E-state index >= 15 is 0 Å². The molecule has 0 radical (unpaired) electrons. The second kappa shape index (κ2) is 7.69. The van der Waals surface area contributed by atoms with Gasteiger partial charge in [-0.25, -0.2) is 17.4 Å². The van der Waals surface area contributed by atoms with Crippen molar-refractivity contribution in [1.82, 2.24) is 14.1 Å². The average Bonchev–Trinajstić information content (AvgIpc) is 2.60. The Bertz CT molecular complexity index is 1100. The molecule has 0 aliphatic rings. The molecular weight excluding hydrogens is 370 g/mol. The highest BCUT2D eigenvalue weighted by Crippen LogP contribution is 2.18. The smallest absolute Gasteiger partial charge is 0.285 e. The molecule has 9 nitrogen and oxygen atoms in total. The molecule has 1 aromatic heterocycles. The molecule has 0 fully saturated rings. The zero-order valence-corrected chi connectivity index (χ0v) is 16.2. The summed E-state index contributed by atoms with van der Waals surface area (Å²) in [5, 5.41) is 15.7. The topological polar surface area (TPSA) is 125 Å². The van der Waals surface area contributed by atoms with Gasteiger partial charge in [0.15, 0.2) is 0 Å². The van der Waals surface area contributed by atoms with Gasteiger partial charge in [-0.2, -0.15) is 10.4 Å². The van der Waals surface area contributed by atoms with Crippen molar-refractivity contribution in [2.24, 2.45) is 0 Å². The van der Waals surface area contributed by atoms with E-state index in [0.717, 1.165) is 8.99 Å². The van der Waals surface area contributed by atoms with Crippen LogP contribution in [0.15, 0.2) is 34.0 Å². The first-order valence-corrected chi connectivity index (χ1v) is 9.32. The zero-order valence-electron chi connectivity index (χ0n) is 15.3. The van der Waals surface area contributed by atoms with Gasteiger partial charge in [-0.1, -0.05) is 6.07 Å². The highest BCUT2D eigenvalue weighted by Gasteiger charge is 2.18. The molecule has 1 aromatic carbocycles. The monoisotopic (exact) mass is 389 g/mol. The van der Waals surface area contributed by atoms with Crippen LogP contribution >= 0.6 is 0 Å². The Hall–Kier alpha value is -3.03. The number of hydrogen-bond acceptors (Lipinski definition) is 6. The third-order valence-corrected chi connectivity index (χ3v) is 5.75. The summed E-state index contributed by atoms with van der Waals surface area (Å²) in [4.78, 5) is 24.5. The third-order valence-electron chi connectivity index (χ3n) is 3.94. The van der Waals surface area contributed by atoms with E-state index in [2.05, 4.69) is 10.4 Å². The van der Waals surface area contributed by atoms with Crippen LogP contribution in [0.25, 0.3) is 0 Å². The number of nitrogens with zero attached hydrogens (tertiary/aromatic N) is 4. The summed E-state index contributed by atoms with van der Waals surface area (Å²) < 4.78 is 26.3. The second-order valence-electron chi connectivity index (χ2n) is 6.02. The number of anilines is 1. The standard InChI is InChI=1S/C17H19N5O4S/c1-11-12(2)20-22(17(24)15(11)9-18)10-16(23)19-13-6-5-7-14(8-13)27(25,26)21(3)4/h5-8H,10H2,1-4H3,(H,19,23). The molecule has 2 rings (SSSR count). The Morgan fingerprint density at radius 2 is 2.00 bits per heavy atom. The van der Waals surface area contributed by atoms with Crippen LogP contribution in [-0.4, -0.2) is 42.5 Å². The van der Waals surface area contributed by atoms with E-state index in [-0.39, 0.29) is 16.1 Å². The molecule has 0 unspecified atom stereocenters. The van der Waals surface area contributed by atoms with Crippen molar-refractivity contribution in [3.63, 3.8) is 0 Å². The summed E-state index contributed by atoms with van der Waals surface area (Å²) >= 11 is 0. The van der Waals surface area contributed by atoms with Gasteiger partial charge in [-0.3, -0.25) is 9.59 Å². The Balaban J connectivity index is 2.27. The molecule has 10 heteroatoms. The molecule has 0 aliphatic carbocycles. The fourth-order valence-corrected chi connectivity index (χ4v) is 3.24. The van der Waals surface area contributed by atoms with Crippen molar-refractivity contribution in [3.8, 4) is 6.07 Å². The molecular formula is C17H19N5O4S. The number of nitrogens with one attached hydrogen (secondary N) is 1. The number of benzene rings is 1. The Labute approximate surface area is 156 Å². The fourth-order valence-electron chi connectivity index (χ4n) is 2.29. The maximum absolute atomic E-state index is 12.3. The van der Waals surface area contributed by atoms with E-state index in [1.165, 1.54) is 38.4 Å². The van der Waals surface area contributed by atoms with Gasteiger partial charge in [0.1, 0.15) is 18.2 Å². The minimum absolute atomic E-state index is 0.0264. The summed E-state index contributed by atoms with van der Waals surface area (Å²) in [6.07, 6.45) is 0. The van der Waals surface area contributed by atoms with Crippen molar-refractivity contribution in [2.75, 3.05) is 19.4 Å². The summed E-state index contributed by atoms with van der Waals surface area (Å²) in [5.41, 5.74) is 0.494. The van der Waals surface area contributed by atoms with E-state index in [1.54, 1.807) is 13.8 Å². The molecule has 2 aromatic rings. The number of hydrogen-bond donors (Lipinski definition) is 1. The van der Waals surface area contributed by atoms with Gasteiger partial charge in [0.2, 0.25) is 15.9 Å². The van der Waals surface area contributed by atoms with Gasteiger partial charge in [0.05, 0.1) is 10.6 Å². The van der Waals surface area contributed by atoms with Crippen LogP contribution in [0.4, 0.5) is 5.69 Å². The lowest BCUT2D eigenvalue weighted by atomic mass is 10.1. The van der Waals surface area contributed by atoms with Crippen LogP contribution in [-0.2, 0) is 21.4 Å². The normalized spacial score (nSPS) is 11.3. The van der Waals surface area contributed by atoms with E-state index in [4.69, 9.17) is 5.26 Å². The van der Waals surface area contributed by atoms with Crippen LogP contribution in [0.3, 0.4) is 0 Å². The lowest BCUT2D eigenvalue weighted by Crippen LogP contribution is -2.32. The van der Waals surface area contributed by atoms with Gasteiger partial charge >= 0.3 is 0 Å². The van der Waals surface area contributed by atoms with E-state index in [0.29, 0.717) is 11.3 Å². The molecule has 1 heterocycles. The largest absolute Gasteiger partial charge is 0.324 e. The van der Waals surface area contributed by atoms with Gasteiger partial charge in [-0.05, 0) is 37.6 Å². The second-order valence-corrected chi connectivity index (χ2v) is 8.18. The molecule has 0 atom stereocenters. The minimum Gasteiger partial charge on any atom is -0.324 e. The minimum atomic E-state index is -3.64. The SMILES string of the molecule is Cc1nn(CC(=O)Nc2cccc(S(=O)(=O)N(C)C)c2)c(=O)c(C#N)c1C. The van der Waals surface area contributed by atoms with Crippen LogP contribution in [0.1, 0.15) is 16.8 Å². The van der Waals surface area contributed by atoms with Crippen LogP contribution in [0.5, 0.6) is 0 Å². The Kier molecular flexibility index (Phi) is 5.78. The highest BCUT2D eigenvalue weighted by molar-refractivity contribution is 7.89. The predicted molar refractivity (Wildman–Crippen MR) is 98.6 cm³/mol. The number of carbonyl (C=O) groups excluding carboxylic acids is 1.